The number of aromatic nitrogens is 1. The van der Waals surface area contributed by atoms with Crippen molar-refractivity contribution in [2.24, 2.45) is 0 Å². The molecule has 0 fully saturated rings. The number of pyridine rings is 1. The molecular formula is C14H17NO. The van der Waals surface area contributed by atoms with Gasteiger partial charge in [0, 0.05) is 5.69 Å². The van der Waals surface area contributed by atoms with Gasteiger partial charge in [-0.05, 0) is 45.1 Å². The first kappa shape index (κ1) is 12.2. The SMILES string of the molecule is C=C/C(=C\C(C)=C/C)Oc1ccc(C)nc1. The maximum absolute atomic E-state index is 5.63. The Morgan fingerprint density at radius 2 is 2.19 bits per heavy atom. The molecule has 84 valence electrons. The second-order valence-electron chi connectivity index (χ2n) is 3.52. The molecule has 1 aromatic rings. The summed E-state index contributed by atoms with van der Waals surface area (Å²) in [5, 5.41) is 0. The van der Waals surface area contributed by atoms with Gasteiger partial charge in [-0.1, -0.05) is 18.2 Å². The second-order valence-corrected chi connectivity index (χ2v) is 3.52. The highest BCUT2D eigenvalue weighted by atomic mass is 16.5. The van der Waals surface area contributed by atoms with E-state index in [9.17, 15) is 0 Å². The van der Waals surface area contributed by atoms with Gasteiger partial charge in [-0.3, -0.25) is 4.98 Å². The molecule has 2 heteroatoms. The number of aryl methyl sites for hydroxylation is 1. The van der Waals surface area contributed by atoms with E-state index in [1.807, 2.05) is 45.1 Å². The third kappa shape index (κ3) is 3.73. The maximum Gasteiger partial charge on any atom is 0.145 e. The zero-order chi connectivity index (χ0) is 12.0. The van der Waals surface area contributed by atoms with Crippen molar-refractivity contribution in [1.82, 2.24) is 4.98 Å². The largest absolute Gasteiger partial charge is 0.456 e. The molecule has 16 heavy (non-hydrogen) atoms. The summed E-state index contributed by atoms with van der Waals surface area (Å²) in [4.78, 5) is 4.16. The lowest BCUT2D eigenvalue weighted by Gasteiger charge is -2.06. The molecule has 0 atom stereocenters. The first-order valence-corrected chi connectivity index (χ1v) is 5.23. The minimum absolute atomic E-state index is 0.723. The van der Waals surface area contributed by atoms with E-state index in [0.717, 1.165) is 22.8 Å². The second kappa shape index (κ2) is 5.91. The van der Waals surface area contributed by atoms with Gasteiger partial charge >= 0.3 is 0 Å². The Morgan fingerprint density at radius 1 is 1.44 bits per heavy atom. The van der Waals surface area contributed by atoms with Crippen LogP contribution in [0.4, 0.5) is 0 Å². The lowest BCUT2D eigenvalue weighted by atomic mass is 10.2. The van der Waals surface area contributed by atoms with Gasteiger partial charge < -0.3 is 4.74 Å². The molecule has 0 unspecified atom stereocenters. The number of allylic oxidation sites excluding steroid dienone is 4. The van der Waals surface area contributed by atoms with E-state index < -0.39 is 0 Å². The van der Waals surface area contributed by atoms with Crippen molar-refractivity contribution in [2.75, 3.05) is 0 Å². The van der Waals surface area contributed by atoms with Crippen LogP contribution < -0.4 is 4.74 Å². The first-order chi connectivity index (χ1) is 7.65. The van der Waals surface area contributed by atoms with Crippen LogP contribution in [0.5, 0.6) is 5.75 Å². The van der Waals surface area contributed by atoms with Crippen molar-refractivity contribution in [1.29, 1.82) is 0 Å². The normalized spacial score (nSPS) is 12.4. The van der Waals surface area contributed by atoms with E-state index in [0.29, 0.717) is 0 Å². The van der Waals surface area contributed by atoms with Crippen LogP contribution in [0.25, 0.3) is 0 Å². The predicted molar refractivity (Wildman–Crippen MR) is 67.3 cm³/mol. The summed E-state index contributed by atoms with van der Waals surface area (Å²) >= 11 is 0. The monoisotopic (exact) mass is 215 g/mol. The number of ether oxygens (including phenoxy) is 1. The van der Waals surface area contributed by atoms with E-state index >= 15 is 0 Å². The van der Waals surface area contributed by atoms with Gasteiger partial charge in [0.05, 0.1) is 6.20 Å². The Hall–Kier alpha value is -1.83. The van der Waals surface area contributed by atoms with Gasteiger partial charge in [0.15, 0.2) is 0 Å². The van der Waals surface area contributed by atoms with E-state index in [4.69, 9.17) is 4.74 Å². The molecule has 0 aliphatic carbocycles. The Labute approximate surface area is 97.0 Å². The molecule has 0 radical (unpaired) electrons. The topological polar surface area (TPSA) is 22.1 Å². The van der Waals surface area contributed by atoms with Gasteiger partial charge in [0.25, 0.3) is 0 Å². The standard InChI is InChI=1S/C14H17NO/c1-5-11(3)9-13(6-2)16-14-8-7-12(4)15-10-14/h5-10H,2H2,1,3-4H3/b11-5-,13-9+. The number of hydrogen-bond donors (Lipinski definition) is 0. The molecule has 0 saturated heterocycles. The average molecular weight is 215 g/mol. The van der Waals surface area contributed by atoms with Gasteiger partial charge in [0.2, 0.25) is 0 Å². The van der Waals surface area contributed by atoms with E-state index in [2.05, 4.69) is 11.6 Å². The smallest absolute Gasteiger partial charge is 0.145 e. The molecule has 0 saturated carbocycles. The molecule has 0 aliphatic rings. The minimum Gasteiger partial charge on any atom is -0.456 e. The third-order valence-corrected chi connectivity index (χ3v) is 2.15. The van der Waals surface area contributed by atoms with Crippen LogP contribution in [0.2, 0.25) is 0 Å². The quantitative estimate of drug-likeness (QED) is 0.563. The molecular weight excluding hydrogens is 198 g/mol. The Kier molecular flexibility index (Phi) is 4.52. The molecule has 1 aromatic heterocycles. The zero-order valence-electron chi connectivity index (χ0n) is 10.0. The molecule has 0 amide bonds. The summed E-state index contributed by atoms with van der Waals surface area (Å²) in [5.74, 6) is 1.45. The van der Waals surface area contributed by atoms with Crippen LogP contribution in [0.15, 0.2) is 54.5 Å². The zero-order valence-corrected chi connectivity index (χ0v) is 10.0. The summed E-state index contributed by atoms with van der Waals surface area (Å²) in [7, 11) is 0. The molecule has 1 rings (SSSR count). The first-order valence-electron chi connectivity index (χ1n) is 5.23. The number of nitrogens with zero attached hydrogens (tertiary/aromatic N) is 1. The third-order valence-electron chi connectivity index (χ3n) is 2.15. The average Bonchev–Trinajstić information content (AvgIpc) is 2.30. The summed E-state index contributed by atoms with van der Waals surface area (Å²) in [6, 6.07) is 3.81. The Bertz CT molecular complexity index is 413. The van der Waals surface area contributed by atoms with Gasteiger partial charge in [-0.25, -0.2) is 0 Å². The number of hydrogen-bond acceptors (Lipinski definition) is 2. The molecule has 2 nitrogen and oxygen atoms in total. The molecule has 0 aliphatic heterocycles. The summed E-state index contributed by atoms with van der Waals surface area (Å²) < 4.78 is 5.63. The fraction of sp³-hybridized carbons (Fsp3) is 0.214. The Balaban J connectivity index is 2.82. The van der Waals surface area contributed by atoms with Gasteiger partial charge in [-0.2, -0.15) is 0 Å². The van der Waals surface area contributed by atoms with E-state index in [1.165, 1.54) is 0 Å². The molecule has 0 N–H and O–H groups in total. The number of rotatable bonds is 4. The van der Waals surface area contributed by atoms with E-state index in [-0.39, 0.29) is 0 Å². The van der Waals surface area contributed by atoms with Crippen molar-refractivity contribution in [2.45, 2.75) is 20.8 Å². The van der Waals surface area contributed by atoms with Crippen LogP contribution >= 0.6 is 0 Å². The van der Waals surface area contributed by atoms with Crippen LogP contribution in [0.3, 0.4) is 0 Å². The van der Waals surface area contributed by atoms with Crippen LogP contribution in [0, 0.1) is 6.92 Å². The van der Waals surface area contributed by atoms with Crippen LogP contribution in [-0.4, -0.2) is 4.98 Å². The van der Waals surface area contributed by atoms with Crippen molar-refractivity contribution in [3.63, 3.8) is 0 Å². The fourth-order valence-corrected chi connectivity index (χ4v) is 1.09. The molecule has 1 heterocycles. The van der Waals surface area contributed by atoms with E-state index in [1.54, 1.807) is 12.3 Å². The highest BCUT2D eigenvalue weighted by molar-refractivity contribution is 5.29. The lowest BCUT2D eigenvalue weighted by Crippen LogP contribution is -1.93. The maximum atomic E-state index is 5.63. The highest BCUT2D eigenvalue weighted by Crippen LogP contribution is 2.14. The Morgan fingerprint density at radius 3 is 2.69 bits per heavy atom. The lowest BCUT2D eigenvalue weighted by molar-refractivity contribution is 0.442. The van der Waals surface area contributed by atoms with Gasteiger partial charge in [0.1, 0.15) is 11.5 Å². The van der Waals surface area contributed by atoms with Crippen molar-refractivity contribution in [3.8, 4) is 5.75 Å². The molecule has 0 aromatic carbocycles. The minimum atomic E-state index is 0.723. The molecule has 0 bridgehead atoms. The summed E-state index contributed by atoms with van der Waals surface area (Å²) in [6.07, 6.45) is 7.34. The van der Waals surface area contributed by atoms with Crippen molar-refractivity contribution >= 4 is 0 Å². The predicted octanol–water partition coefficient (Wildman–Crippen LogP) is 3.80. The summed E-state index contributed by atoms with van der Waals surface area (Å²) in [5.41, 5.74) is 2.11. The van der Waals surface area contributed by atoms with Crippen LogP contribution in [0.1, 0.15) is 19.5 Å². The highest BCUT2D eigenvalue weighted by Gasteiger charge is 1.97. The van der Waals surface area contributed by atoms with Crippen LogP contribution in [-0.2, 0) is 0 Å². The van der Waals surface area contributed by atoms with Gasteiger partial charge in [-0.15, -0.1) is 0 Å². The fourth-order valence-electron chi connectivity index (χ4n) is 1.09. The van der Waals surface area contributed by atoms with Crippen molar-refractivity contribution < 1.29 is 4.74 Å². The summed E-state index contributed by atoms with van der Waals surface area (Å²) in [6.45, 7) is 9.66. The van der Waals surface area contributed by atoms with Crippen molar-refractivity contribution in [3.05, 3.63) is 60.2 Å². The molecule has 0 spiro atoms.